The summed E-state index contributed by atoms with van der Waals surface area (Å²) in [6, 6.07) is 0. The van der Waals surface area contributed by atoms with Gasteiger partial charge in [0.25, 0.3) is 0 Å². The quantitative estimate of drug-likeness (QED) is 0.309. The molecule has 0 radical (unpaired) electrons. The second-order valence-corrected chi connectivity index (χ2v) is 5.57. The summed E-state index contributed by atoms with van der Waals surface area (Å²) in [6.45, 7) is 10.0. The molecule has 0 aromatic carbocycles. The molecule has 0 rings (SSSR count). The fourth-order valence-electron chi connectivity index (χ4n) is 1.01. The number of hydrogen-bond donors (Lipinski definition) is 0. The van der Waals surface area contributed by atoms with Gasteiger partial charge in [0.15, 0.2) is 0 Å². The summed E-state index contributed by atoms with van der Waals surface area (Å²) in [4.78, 5) is 4.98. The highest BCUT2D eigenvalue weighted by atomic mass is 28.4. The fraction of sp³-hybridized carbons (Fsp3) is 1.00. The third kappa shape index (κ3) is 7.85. The molecule has 0 aliphatic heterocycles. The molecule has 0 aromatic heterocycles. The Bertz CT molecular complexity index is 130. The molecule has 6 heteroatoms. The lowest BCUT2D eigenvalue weighted by Crippen LogP contribution is -2.49. The third-order valence-electron chi connectivity index (χ3n) is 1.73. The van der Waals surface area contributed by atoms with Crippen LogP contribution in [0.5, 0.6) is 0 Å². The van der Waals surface area contributed by atoms with Gasteiger partial charge in [-0.05, 0) is 26.2 Å². The van der Waals surface area contributed by atoms with E-state index in [1.165, 1.54) is 0 Å². The molecule has 0 aliphatic rings. The summed E-state index contributed by atoms with van der Waals surface area (Å²) in [5, 5.41) is 0. The Hall–Kier alpha value is 0.0169. The van der Waals surface area contributed by atoms with Gasteiger partial charge < -0.3 is 13.3 Å². The largest absolute Gasteiger partial charge is 0.707 e. The van der Waals surface area contributed by atoms with Gasteiger partial charge >= 0.3 is 9.05 Å². The van der Waals surface area contributed by atoms with Gasteiger partial charge in [-0.1, -0.05) is 20.8 Å². The molecule has 0 fully saturated rings. The van der Waals surface area contributed by atoms with Crippen molar-refractivity contribution in [3.8, 4) is 0 Å². The van der Waals surface area contributed by atoms with E-state index in [0.29, 0.717) is 26.4 Å². The lowest BCUT2D eigenvalue weighted by Gasteiger charge is -2.26. The van der Waals surface area contributed by atoms with Crippen LogP contribution in [0.1, 0.15) is 47.0 Å². The first-order valence-corrected chi connectivity index (χ1v) is 8.10. The van der Waals surface area contributed by atoms with Gasteiger partial charge in [-0.15, -0.1) is 0 Å². The average molecular weight is 266 g/mol. The molecular formula is C11H26O5Si. The molecule has 104 valence electrons. The van der Waals surface area contributed by atoms with Gasteiger partial charge in [0.2, 0.25) is 0 Å². The molecule has 0 atom stereocenters. The molecule has 17 heavy (non-hydrogen) atoms. The molecule has 0 aliphatic carbocycles. The van der Waals surface area contributed by atoms with Crippen molar-refractivity contribution in [2.45, 2.75) is 47.0 Å². The topological polar surface area (TPSA) is 46.2 Å². The molecule has 0 saturated heterocycles. The predicted octanol–water partition coefficient (Wildman–Crippen LogP) is 2.67. The minimum Gasteiger partial charge on any atom is -0.350 e. The number of hydrogen-bond acceptors (Lipinski definition) is 5. The minimum absolute atomic E-state index is 0.440. The second-order valence-electron chi connectivity index (χ2n) is 3.54. The van der Waals surface area contributed by atoms with Crippen LogP contribution in [0, 0.1) is 0 Å². The lowest BCUT2D eigenvalue weighted by molar-refractivity contribution is -0.272. The van der Waals surface area contributed by atoms with Crippen LogP contribution in [-0.2, 0) is 22.7 Å². The molecule has 0 bridgehead atoms. The zero-order chi connectivity index (χ0) is 13.0. The van der Waals surface area contributed by atoms with Crippen molar-refractivity contribution in [3.63, 3.8) is 0 Å². The molecule has 0 amide bonds. The Labute approximate surface area is 106 Å². The maximum atomic E-state index is 5.63. The van der Waals surface area contributed by atoms with E-state index in [9.17, 15) is 0 Å². The Kier molecular flexibility index (Phi) is 11.1. The van der Waals surface area contributed by atoms with E-state index < -0.39 is 9.05 Å². The molecular weight excluding hydrogens is 240 g/mol. The highest BCUT2D eigenvalue weighted by Gasteiger charge is 2.47. The summed E-state index contributed by atoms with van der Waals surface area (Å²) in [7, 11) is -3.10. The van der Waals surface area contributed by atoms with Crippen LogP contribution in [0.4, 0.5) is 0 Å². The van der Waals surface area contributed by atoms with Gasteiger partial charge in [0, 0.05) is 19.8 Å². The predicted molar refractivity (Wildman–Crippen MR) is 67.2 cm³/mol. The van der Waals surface area contributed by atoms with Gasteiger partial charge in [0.05, 0.1) is 6.61 Å². The molecule has 5 nitrogen and oxygen atoms in total. The lowest BCUT2D eigenvalue weighted by atomic mass is 10.5. The highest BCUT2D eigenvalue weighted by Crippen LogP contribution is 2.14. The monoisotopic (exact) mass is 266 g/mol. The van der Waals surface area contributed by atoms with E-state index in [2.05, 4.69) is 0 Å². The van der Waals surface area contributed by atoms with Crippen molar-refractivity contribution >= 4 is 9.05 Å². The molecule has 0 N–H and O–H groups in total. The summed E-state index contributed by atoms with van der Waals surface area (Å²) < 4.78 is 22.2. The van der Waals surface area contributed by atoms with E-state index in [-0.39, 0.29) is 0 Å². The van der Waals surface area contributed by atoms with Gasteiger partial charge in [-0.3, -0.25) is 0 Å². The van der Waals surface area contributed by atoms with Crippen LogP contribution in [0.25, 0.3) is 0 Å². The van der Waals surface area contributed by atoms with Crippen LogP contribution >= 0.6 is 0 Å². The standard InChI is InChI=1S/C11H26O5Si/c1-5-9-13-17(14-10-6-2,15-11-7-3)16-12-8-4/h5-11H2,1-4H3. The van der Waals surface area contributed by atoms with Crippen molar-refractivity contribution in [1.29, 1.82) is 0 Å². The summed E-state index contributed by atoms with van der Waals surface area (Å²) in [5.74, 6) is 0. The molecule has 0 aromatic rings. The maximum Gasteiger partial charge on any atom is 0.707 e. The zero-order valence-corrected chi connectivity index (χ0v) is 12.5. The number of rotatable bonds is 12. The average Bonchev–Trinajstić information content (AvgIpc) is 2.37. The summed E-state index contributed by atoms with van der Waals surface area (Å²) in [5.41, 5.74) is 0. The highest BCUT2D eigenvalue weighted by molar-refractivity contribution is 6.53. The Morgan fingerprint density at radius 1 is 0.706 bits per heavy atom. The zero-order valence-electron chi connectivity index (χ0n) is 11.5. The van der Waals surface area contributed by atoms with E-state index >= 15 is 0 Å². The molecule has 0 heterocycles. The fourth-order valence-corrected chi connectivity index (χ4v) is 3.03. The van der Waals surface area contributed by atoms with Crippen LogP contribution < -0.4 is 0 Å². The van der Waals surface area contributed by atoms with Crippen molar-refractivity contribution in [2.24, 2.45) is 0 Å². The third-order valence-corrected chi connectivity index (χ3v) is 3.72. The van der Waals surface area contributed by atoms with Gasteiger partial charge in [-0.2, -0.15) is 4.58 Å². The van der Waals surface area contributed by atoms with E-state index in [1.807, 2.05) is 27.7 Å². The Morgan fingerprint density at radius 2 is 1.12 bits per heavy atom. The summed E-state index contributed by atoms with van der Waals surface area (Å²) in [6.07, 6.45) is 2.65. The molecule has 0 saturated carbocycles. The normalized spacial score (nSPS) is 12.0. The summed E-state index contributed by atoms with van der Waals surface area (Å²) >= 11 is 0. The first kappa shape index (κ1) is 17.0. The Balaban J connectivity index is 4.39. The van der Waals surface area contributed by atoms with E-state index in [0.717, 1.165) is 19.3 Å². The maximum absolute atomic E-state index is 5.63. The SMILES string of the molecule is CCCO[Si](OCCC)(OCCC)OOCC. The van der Waals surface area contributed by atoms with Crippen LogP contribution in [0.2, 0.25) is 0 Å². The van der Waals surface area contributed by atoms with Crippen LogP contribution in [0.3, 0.4) is 0 Å². The van der Waals surface area contributed by atoms with Crippen molar-refractivity contribution in [2.75, 3.05) is 26.4 Å². The first-order valence-electron chi connectivity index (χ1n) is 6.47. The minimum atomic E-state index is -3.10. The molecule has 0 unspecified atom stereocenters. The van der Waals surface area contributed by atoms with E-state index in [4.69, 9.17) is 22.7 Å². The van der Waals surface area contributed by atoms with Crippen molar-refractivity contribution in [1.82, 2.24) is 0 Å². The second kappa shape index (κ2) is 11.1. The van der Waals surface area contributed by atoms with Crippen LogP contribution in [-0.4, -0.2) is 35.5 Å². The van der Waals surface area contributed by atoms with Crippen LogP contribution in [0.15, 0.2) is 0 Å². The van der Waals surface area contributed by atoms with Crippen molar-refractivity contribution in [3.05, 3.63) is 0 Å². The Morgan fingerprint density at radius 3 is 1.41 bits per heavy atom. The smallest absolute Gasteiger partial charge is 0.350 e. The first-order chi connectivity index (χ1) is 8.24. The van der Waals surface area contributed by atoms with E-state index in [1.54, 1.807) is 0 Å². The molecule has 0 spiro atoms. The van der Waals surface area contributed by atoms with Gasteiger partial charge in [0.1, 0.15) is 0 Å². The van der Waals surface area contributed by atoms with Crippen molar-refractivity contribution < 1.29 is 22.7 Å². The van der Waals surface area contributed by atoms with Gasteiger partial charge in [-0.25, -0.2) is 4.89 Å².